The largest absolute Gasteiger partial charge is 0.461 e. The molecule has 14 heteroatoms. The maximum absolute atomic E-state index is 14.5. The van der Waals surface area contributed by atoms with Gasteiger partial charge in [-0.3, -0.25) is 14.4 Å². The third-order valence-corrected chi connectivity index (χ3v) is 15.3. The molecule has 400 valence electrons. The van der Waals surface area contributed by atoms with Gasteiger partial charge in [0.2, 0.25) is 5.79 Å². The minimum absolute atomic E-state index is 0.0472. The Kier molecular flexibility index (Phi) is 25.4. The van der Waals surface area contributed by atoms with Crippen molar-refractivity contribution in [3.05, 3.63) is 47.6 Å². The highest BCUT2D eigenvalue weighted by atomic mass is 16.6. The highest BCUT2D eigenvalue weighted by Crippen LogP contribution is 2.38. The van der Waals surface area contributed by atoms with E-state index in [0.29, 0.717) is 69.8 Å². The first-order valence-corrected chi connectivity index (χ1v) is 26.6. The molecule has 14 nitrogen and oxygen atoms in total. The number of fused-ring (bicyclic) bond motifs is 3. The van der Waals surface area contributed by atoms with Gasteiger partial charge in [-0.05, 0) is 126 Å². The van der Waals surface area contributed by atoms with Crippen LogP contribution in [0.15, 0.2) is 47.6 Å². The van der Waals surface area contributed by atoms with Gasteiger partial charge in [0.1, 0.15) is 31.0 Å². The van der Waals surface area contributed by atoms with Gasteiger partial charge >= 0.3 is 5.97 Å². The molecule has 0 aromatic rings. The number of carbonyl (C=O) groups is 4. The highest BCUT2D eigenvalue weighted by Gasteiger charge is 2.53. The first kappa shape index (κ1) is 60.0. The normalized spacial score (nSPS) is 37.8. The summed E-state index contributed by atoms with van der Waals surface area (Å²) in [5, 5.41) is 33.1. The van der Waals surface area contributed by atoms with Gasteiger partial charge in [0, 0.05) is 45.4 Å². The third kappa shape index (κ3) is 17.6. The van der Waals surface area contributed by atoms with Crippen LogP contribution in [0.3, 0.4) is 0 Å². The van der Waals surface area contributed by atoms with Crippen molar-refractivity contribution in [3.8, 4) is 11.8 Å². The van der Waals surface area contributed by atoms with Gasteiger partial charge in [0.15, 0.2) is 5.78 Å². The van der Waals surface area contributed by atoms with Crippen LogP contribution >= 0.6 is 0 Å². The van der Waals surface area contributed by atoms with Gasteiger partial charge in [-0.25, -0.2) is 4.79 Å². The second-order valence-electron chi connectivity index (χ2n) is 21.0. The number of carbonyl (C=O) groups excluding carboxylic acids is 4. The lowest BCUT2D eigenvalue weighted by Crippen LogP contribution is -2.61. The Morgan fingerprint density at radius 2 is 1.61 bits per heavy atom. The Morgan fingerprint density at radius 3 is 2.31 bits per heavy atom. The minimum Gasteiger partial charge on any atom is -0.461 e. The lowest BCUT2D eigenvalue weighted by atomic mass is 9.78. The summed E-state index contributed by atoms with van der Waals surface area (Å²) >= 11 is 0. The molecule has 2 saturated heterocycles. The average molecular weight is 996 g/mol. The molecule has 1 amide bonds. The van der Waals surface area contributed by atoms with Crippen molar-refractivity contribution in [2.24, 2.45) is 35.5 Å². The Balaban J connectivity index is 1.69. The van der Waals surface area contributed by atoms with Crippen LogP contribution in [0.1, 0.15) is 145 Å². The fraction of sp³-hybridized carbons (Fsp3) is 0.754. The number of methoxy groups -OCH3 is 2. The van der Waals surface area contributed by atoms with E-state index in [1.165, 1.54) is 12.0 Å². The van der Waals surface area contributed by atoms with Gasteiger partial charge in [-0.2, -0.15) is 0 Å². The molecule has 0 spiro atoms. The molecule has 0 aromatic heterocycles. The first-order chi connectivity index (χ1) is 33.9. The number of piperidine rings is 1. The van der Waals surface area contributed by atoms with E-state index in [1.807, 2.05) is 71.1 Å². The summed E-state index contributed by atoms with van der Waals surface area (Å²) in [5.74, 6) is -0.170. The number of aliphatic hydroxyl groups is 3. The Hall–Kier alpha value is -3.52. The number of cyclic esters (lactones) is 1. The summed E-state index contributed by atoms with van der Waals surface area (Å²) in [7, 11) is 3.11. The number of rotatable bonds is 10. The van der Waals surface area contributed by atoms with Crippen molar-refractivity contribution >= 4 is 23.4 Å². The fourth-order valence-corrected chi connectivity index (χ4v) is 10.9. The second kappa shape index (κ2) is 30.0. The van der Waals surface area contributed by atoms with Gasteiger partial charge < -0.3 is 48.6 Å². The number of ether oxygens (including phenoxy) is 6. The molecule has 0 radical (unpaired) electrons. The predicted octanol–water partition coefficient (Wildman–Crippen LogP) is 7.80. The maximum atomic E-state index is 14.5. The summed E-state index contributed by atoms with van der Waals surface area (Å²) in [5.41, 5.74) is 1.48. The smallest absolute Gasteiger partial charge is 0.329 e. The zero-order valence-electron chi connectivity index (χ0n) is 44.6. The summed E-state index contributed by atoms with van der Waals surface area (Å²) in [6.07, 6.45) is 15.7. The van der Waals surface area contributed by atoms with E-state index in [9.17, 15) is 34.5 Å². The van der Waals surface area contributed by atoms with Gasteiger partial charge in [0.05, 0.1) is 37.6 Å². The lowest BCUT2D eigenvalue weighted by molar-refractivity contribution is -0.265. The monoisotopic (exact) mass is 996 g/mol. The third-order valence-electron chi connectivity index (χ3n) is 15.3. The number of allylic oxidation sites excluding steroid dienone is 6. The van der Waals surface area contributed by atoms with Crippen LogP contribution < -0.4 is 0 Å². The van der Waals surface area contributed by atoms with Crippen LogP contribution in [0.25, 0.3) is 0 Å². The van der Waals surface area contributed by atoms with Crippen LogP contribution in [-0.2, 0) is 47.6 Å². The van der Waals surface area contributed by atoms with E-state index in [2.05, 4.69) is 18.8 Å². The topological polar surface area (TPSA) is 188 Å². The Morgan fingerprint density at radius 1 is 0.845 bits per heavy atom. The molecule has 3 fully saturated rings. The molecule has 3 N–H and O–H groups in total. The molecule has 3 aliphatic heterocycles. The highest BCUT2D eigenvalue weighted by molar-refractivity contribution is 6.39. The summed E-state index contributed by atoms with van der Waals surface area (Å²) in [4.78, 5) is 58.5. The SMILES string of the molecule is CCC#CCO[C@H]1CC2CC[C@@H](C)[C@@](O)(O2)C(=O)C(=O)N2CCCCC2C(=O)OC([C@H](C)C[C@@H]2CC[C@@H](OCCO)[C@H](OC)C2)CC[C@H](C)/C=C(\C)[C@@H](O)[C@@H](OC)C(=O)[C@H](C)C[C@H](C)\C=C/C=C/C=C/1C. The van der Waals surface area contributed by atoms with E-state index in [-0.39, 0.29) is 73.9 Å². The number of esters is 1. The summed E-state index contributed by atoms with van der Waals surface area (Å²) in [6.45, 7) is 15.9. The number of nitrogens with zero attached hydrogens (tertiary/aromatic N) is 1. The van der Waals surface area contributed by atoms with Crippen molar-refractivity contribution in [3.63, 3.8) is 0 Å². The van der Waals surface area contributed by atoms with Crippen LogP contribution in [-0.4, -0.2) is 139 Å². The van der Waals surface area contributed by atoms with Gasteiger partial charge in [-0.1, -0.05) is 83.9 Å². The number of amides is 1. The number of hydrogen-bond acceptors (Lipinski definition) is 13. The van der Waals surface area contributed by atoms with Crippen LogP contribution in [0, 0.1) is 47.3 Å². The number of aliphatic hydroxyl groups excluding tert-OH is 2. The average Bonchev–Trinajstić information content (AvgIpc) is 3.35. The van der Waals surface area contributed by atoms with Crippen molar-refractivity contribution in [1.29, 1.82) is 0 Å². The molecule has 1 aliphatic carbocycles. The van der Waals surface area contributed by atoms with Crippen molar-refractivity contribution in [2.75, 3.05) is 40.6 Å². The first-order valence-electron chi connectivity index (χ1n) is 26.6. The number of Topliss-reactive ketones (excluding diaryl/α,β-unsaturated/α-hetero) is 2. The molecule has 4 aliphatic rings. The van der Waals surface area contributed by atoms with Gasteiger partial charge in [0.25, 0.3) is 11.7 Å². The molecule has 15 atom stereocenters. The lowest BCUT2D eigenvalue weighted by Gasteiger charge is -2.43. The standard InChI is InChI=1S/C57H89NO13/c1-11-12-18-30-68-49-36-45-25-23-43(8)57(65,71-45)54(62)55(63)58-28-17-16-21-46(58)56(64)70-47(40(5)34-44-24-27-48(69-31-29-59)50(35-44)66-9)26-22-38(3)33-42(7)52(61)53(67-10)51(60)41(6)32-37(2)19-14-13-15-20-39(49)4/h13-15,19-20,33,37-38,40-41,43-50,52-53,59,61,65H,11,16-17,21-32,34-36H2,1-10H3/b15-13+,19-14-,39-20+,42-33+/t37-,38+,40-,41-,43-,44+,45?,46?,47?,48-,49+,50-,52-,53+,57-/m1/s1. The zero-order chi connectivity index (χ0) is 52.3. The molecule has 1 saturated carbocycles. The zero-order valence-corrected chi connectivity index (χ0v) is 44.6. The summed E-state index contributed by atoms with van der Waals surface area (Å²) < 4.78 is 36.5. The predicted molar refractivity (Wildman–Crippen MR) is 273 cm³/mol. The van der Waals surface area contributed by atoms with Crippen LogP contribution in [0.5, 0.6) is 0 Å². The van der Waals surface area contributed by atoms with Crippen molar-refractivity contribution < 1.29 is 62.9 Å². The molecule has 4 rings (SSSR count). The maximum Gasteiger partial charge on any atom is 0.329 e. The minimum atomic E-state index is -2.42. The van der Waals surface area contributed by atoms with Crippen LogP contribution in [0.2, 0.25) is 0 Å². The van der Waals surface area contributed by atoms with E-state index in [0.717, 1.165) is 31.3 Å². The fourth-order valence-electron chi connectivity index (χ4n) is 10.9. The quantitative estimate of drug-likeness (QED) is 0.0834. The van der Waals surface area contributed by atoms with Crippen molar-refractivity contribution in [1.82, 2.24) is 4.90 Å². The number of hydrogen-bond donors (Lipinski definition) is 3. The van der Waals surface area contributed by atoms with E-state index < -0.39 is 65.9 Å². The second-order valence-corrected chi connectivity index (χ2v) is 21.0. The molecule has 71 heavy (non-hydrogen) atoms. The van der Waals surface area contributed by atoms with E-state index >= 15 is 0 Å². The summed E-state index contributed by atoms with van der Waals surface area (Å²) in [6, 6.07) is -1.04. The molecule has 3 unspecified atom stereocenters. The van der Waals surface area contributed by atoms with Gasteiger partial charge in [-0.15, -0.1) is 5.92 Å². The van der Waals surface area contributed by atoms with Crippen LogP contribution in [0.4, 0.5) is 0 Å². The molecule has 0 aromatic carbocycles. The van der Waals surface area contributed by atoms with E-state index in [1.54, 1.807) is 21.0 Å². The molecular formula is C57H89NO13. The number of ketones is 2. The Bertz CT molecular complexity index is 1900. The Labute approximate surface area is 425 Å². The molecule has 2 bridgehead atoms. The molecular weight excluding hydrogens is 907 g/mol. The van der Waals surface area contributed by atoms with Crippen molar-refractivity contribution in [2.45, 2.75) is 200 Å². The molecule has 3 heterocycles. The van der Waals surface area contributed by atoms with E-state index in [4.69, 9.17) is 28.4 Å².